The molecule has 9 heteroatoms. The molecule has 1 aliphatic rings. The van der Waals surface area contributed by atoms with Crippen molar-refractivity contribution < 1.29 is 9.53 Å². The number of hydrogen-bond acceptors (Lipinski definition) is 6. The van der Waals surface area contributed by atoms with E-state index in [-0.39, 0.29) is 12.1 Å². The Balaban J connectivity index is 1.74. The van der Waals surface area contributed by atoms with Gasteiger partial charge in [0.05, 0.1) is 0 Å². The van der Waals surface area contributed by atoms with E-state index in [1.54, 1.807) is 23.3 Å². The quantitative estimate of drug-likeness (QED) is 0.607. The molecule has 0 saturated carbocycles. The zero-order valence-electron chi connectivity index (χ0n) is 17.0. The van der Waals surface area contributed by atoms with Gasteiger partial charge in [-0.3, -0.25) is 4.99 Å². The topological polar surface area (TPSA) is 87.3 Å². The number of guanidine groups is 1. The van der Waals surface area contributed by atoms with Gasteiger partial charge in [-0.25, -0.2) is 9.78 Å². The van der Waals surface area contributed by atoms with E-state index in [1.165, 1.54) is 0 Å². The van der Waals surface area contributed by atoms with Crippen molar-refractivity contribution >= 4 is 28.5 Å². The molecule has 0 spiro atoms. The molecule has 1 aromatic heterocycles. The van der Waals surface area contributed by atoms with E-state index >= 15 is 0 Å². The first-order chi connectivity index (χ1) is 12.7. The van der Waals surface area contributed by atoms with Crippen LogP contribution in [0.3, 0.4) is 0 Å². The van der Waals surface area contributed by atoms with Gasteiger partial charge >= 0.3 is 6.09 Å². The fourth-order valence-electron chi connectivity index (χ4n) is 2.67. The van der Waals surface area contributed by atoms with Crippen molar-refractivity contribution in [2.45, 2.75) is 45.8 Å². The Morgan fingerprint density at radius 2 is 2.07 bits per heavy atom. The van der Waals surface area contributed by atoms with Crippen LogP contribution in [0.15, 0.2) is 16.6 Å². The number of piperazine rings is 1. The van der Waals surface area contributed by atoms with Crippen LogP contribution in [0.1, 0.15) is 34.1 Å². The highest BCUT2D eigenvalue weighted by molar-refractivity contribution is 7.13. The van der Waals surface area contributed by atoms with Crippen molar-refractivity contribution in [1.29, 1.82) is 0 Å². The lowest BCUT2D eigenvalue weighted by Gasteiger charge is -2.35. The van der Waals surface area contributed by atoms with E-state index in [2.05, 4.69) is 19.8 Å². The molecule has 1 atom stereocenters. The van der Waals surface area contributed by atoms with E-state index in [4.69, 9.17) is 10.5 Å². The maximum absolute atomic E-state index is 12.1. The number of anilines is 1. The number of carbonyl (C=O) groups is 1. The molecule has 0 aromatic carbocycles. The van der Waals surface area contributed by atoms with E-state index in [0.717, 1.165) is 37.7 Å². The maximum Gasteiger partial charge on any atom is 0.410 e. The Kier molecular flexibility index (Phi) is 7.29. The van der Waals surface area contributed by atoms with Crippen molar-refractivity contribution in [2.75, 3.05) is 44.7 Å². The number of nitrogens with two attached hydrogens (primary N) is 1. The summed E-state index contributed by atoms with van der Waals surface area (Å²) in [7, 11) is 1.75. The molecule has 8 nitrogen and oxygen atoms in total. The Hall–Kier alpha value is -2.03. The SMILES string of the molecule is CC(CCN=C(N)N1CCN(c2nccs2)CC1)N(C)C(=O)OC(C)(C)C. The molecule has 27 heavy (non-hydrogen) atoms. The summed E-state index contributed by atoms with van der Waals surface area (Å²) in [6.07, 6.45) is 2.25. The predicted octanol–water partition coefficient (Wildman–Crippen LogP) is 2.23. The monoisotopic (exact) mass is 396 g/mol. The average molecular weight is 397 g/mol. The second kappa shape index (κ2) is 9.25. The van der Waals surface area contributed by atoms with E-state index in [0.29, 0.717) is 12.5 Å². The minimum Gasteiger partial charge on any atom is -0.444 e. The number of aromatic nitrogens is 1. The molecule has 1 saturated heterocycles. The molecular formula is C18H32N6O2S. The number of hydrogen-bond donors (Lipinski definition) is 1. The van der Waals surface area contributed by atoms with Crippen LogP contribution in [0.4, 0.5) is 9.93 Å². The minimum absolute atomic E-state index is 0.0261. The second-order valence-corrected chi connectivity index (χ2v) is 8.63. The predicted molar refractivity (Wildman–Crippen MR) is 110 cm³/mol. The van der Waals surface area contributed by atoms with Gasteiger partial charge in [-0.1, -0.05) is 0 Å². The van der Waals surface area contributed by atoms with Gasteiger partial charge < -0.3 is 25.2 Å². The molecule has 1 amide bonds. The number of nitrogens with zero attached hydrogens (tertiary/aromatic N) is 5. The van der Waals surface area contributed by atoms with Crippen molar-refractivity contribution in [1.82, 2.24) is 14.8 Å². The Labute approximate surface area is 166 Å². The van der Waals surface area contributed by atoms with E-state index < -0.39 is 5.60 Å². The van der Waals surface area contributed by atoms with Gasteiger partial charge in [-0.15, -0.1) is 11.3 Å². The molecule has 152 valence electrons. The summed E-state index contributed by atoms with van der Waals surface area (Å²) in [6.45, 7) is 11.6. The third kappa shape index (κ3) is 6.57. The first-order valence-electron chi connectivity index (χ1n) is 9.32. The lowest BCUT2D eigenvalue weighted by Crippen LogP contribution is -2.51. The van der Waals surface area contributed by atoms with Crippen LogP contribution in [-0.2, 0) is 4.74 Å². The molecule has 1 aliphatic heterocycles. The number of ether oxygens (including phenoxy) is 1. The highest BCUT2D eigenvalue weighted by atomic mass is 32.1. The van der Waals surface area contributed by atoms with Crippen LogP contribution in [0.2, 0.25) is 0 Å². The lowest BCUT2D eigenvalue weighted by molar-refractivity contribution is 0.0231. The fraction of sp³-hybridized carbons (Fsp3) is 0.722. The molecule has 1 unspecified atom stereocenters. The van der Waals surface area contributed by atoms with Crippen LogP contribution in [0, 0.1) is 0 Å². The summed E-state index contributed by atoms with van der Waals surface area (Å²) in [4.78, 5) is 26.9. The molecule has 2 N–H and O–H groups in total. The van der Waals surface area contributed by atoms with Gasteiger partial charge in [0, 0.05) is 57.4 Å². The zero-order valence-corrected chi connectivity index (χ0v) is 17.8. The molecule has 0 bridgehead atoms. The summed E-state index contributed by atoms with van der Waals surface area (Å²) >= 11 is 1.66. The minimum atomic E-state index is -0.492. The number of rotatable bonds is 5. The summed E-state index contributed by atoms with van der Waals surface area (Å²) < 4.78 is 5.39. The second-order valence-electron chi connectivity index (χ2n) is 7.76. The normalized spacial score (nSPS) is 17.0. The first-order valence-corrected chi connectivity index (χ1v) is 10.2. The Morgan fingerprint density at radius 1 is 1.41 bits per heavy atom. The highest BCUT2D eigenvalue weighted by Gasteiger charge is 2.23. The third-order valence-electron chi connectivity index (χ3n) is 4.46. The molecular weight excluding hydrogens is 364 g/mol. The zero-order chi connectivity index (χ0) is 20.0. The molecule has 2 heterocycles. The van der Waals surface area contributed by atoms with Gasteiger partial charge in [0.25, 0.3) is 0 Å². The van der Waals surface area contributed by atoms with Gasteiger partial charge in [0.1, 0.15) is 5.60 Å². The number of aliphatic imine (C=N–C) groups is 1. The summed E-state index contributed by atoms with van der Waals surface area (Å²) in [6, 6.07) is 0.0261. The standard InChI is InChI=1S/C18H32N6O2S/c1-14(22(5)17(25)26-18(2,3)4)6-7-20-15(19)23-9-11-24(12-10-23)16-21-8-13-27-16/h8,13-14H,6-7,9-12H2,1-5H3,(H2,19,20). The Bertz CT molecular complexity index is 620. The summed E-state index contributed by atoms with van der Waals surface area (Å²) in [5, 5.41) is 3.05. The molecule has 1 aromatic rings. The van der Waals surface area contributed by atoms with Crippen LogP contribution in [0.5, 0.6) is 0 Å². The van der Waals surface area contributed by atoms with Crippen molar-refractivity contribution in [3.8, 4) is 0 Å². The Morgan fingerprint density at radius 3 is 2.63 bits per heavy atom. The fourth-order valence-corrected chi connectivity index (χ4v) is 3.37. The van der Waals surface area contributed by atoms with Crippen LogP contribution < -0.4 is 10.6 Å². The van der Waals surface area contributed by atoms with E-state index in [1.807, 2.05) is 39.3 Å². The van der Waals surface area contributed by atoms with Crippen LogP contribution in [-0.4, -0.2) is 78.3 Å². The highest BCUT2D eigenvalue weighted by Crippen LogP contribution is 2.18. The van der Waals surface area contributed by atoms with Gasteiger partial charge in [0.2, 0.25) is 0 Å². The summed E-state index contributed by atoms with van der Waals surface area (Å²) in [5.41, 5.74) is 5.67. The maximum atomic E-state index is 12.1. The van der Waals surface area contributed by atoms with Crippen molar-refractivity contribution in [3.63, 3.8) is 0 Å². The van der Waals surface area contributed by atoms with Gasteiger partial charge in [0.15, 0.2) is 11.1 Å². The van der Waals surface area contributed by atoms with Crippen molar-refractivity contribution in [2.24, 2.45) is 10.7 Å². The number of amides is 1. The third-order valence-corrected chi connectivity index (χ3v) is 5.29. The van der Waals surface area contributed by atoms with E-state index in [9.17, 15) is 4.79 Å². The van der Waals surface area contributed by atoms with Crippen LogP contribution in [0.25, 0.3) is 0 Å². The molecule has 0 aliphatic carbocycles. The van der Waals surface area contributed by atoms with Gasteiger partial charge in [-0.2, -0.15) is 0 Å². The molecule has 2 rings (SSSR count). The number of thiazole rings is 1. The van der Waals surface area contributed by atoms with Gasteiger partial charge in [-0.05, 0) is 34.1 Å². The largest absolute Gasteiger partial charge is 0.444 e. The lowest BCUT2D eigenvalue weighted by atomic mass is 10.2. The first kappa shape index (κ1) is 21.3. The average Bonchev–Trinajstić information content (AvgIpc) is 3.14. The molecule has 1 fully saturated rings. The smallest absolute Gasteiger partial charge is 0.410 e. The van der Waals surface area contributed by atoms with Crippen LogP contribution >= 0.6 is 11.3 Å². The summed E-state index contributed by atoms with van der Waals surface area (Å²) in [5.74, 6) is 0.570. The molecule has 0 radical (unpaired) electrons. The van der Waals surface area contributed by atoms with Crippen molar-refractivity contribution in [3.05, 3.63) is 11.6 Å². The number of carbonyl (C=O) groups excluding carboxylic acids is 1.